The van der Waals surface area contributed by atoms with E-state index in [0.29, 0.717) is 6.79 Å². The molecule has 4 heteroatoms. The normalized spacial score (nSPS) is 12.5. The molecule has 0 fully saturated rings. The maximum atomic E-state index is 5.43. The van der Waals surface area contributed by atoms with E-state index >= 15 is 0 Å². The van der Waals surface area contributed by atoms with Crippen molar-refractivity contribution < 1.29 is 9.47 Å². The highest BCUT2D eigenvalue weighted by Crippen LogP contribution is 2.32. The molecular formula is C23H24N2O2. The van der Waals surface area contributed by atoms with Crippen molar-refractivity contribution in [2.45, 2.75) is 12.6 Å². The summed E-state index contributed by atoms with van der Waals surface area (Å²) in [5.41, 5.74) is 3.75. The zero-order valence-corrected chi connectivity index (χ0v) is 15.2. The van der Waals surface area contributed by atoms with Gasteiger partial charge in [-0.15, -0.1) is 0 Å². The molecule has 0 unspecified atom stereocenters. The maximum Gasteiger partial charge on any atom is 0.231 e. The smallest absolute Gasteiger partial charge is 0.231 e. The van der Waals surface area contributed by atoms with Gasteiger partial charge in [-0.3, -0.25) is 0 Å². The summed E-state index contributed by atoms with van der Waals surface area (Å²) in [6, 6.07) is 27.4. The Balaban J connectivity index is 1.31. The van der Waals surface area contributed by atoms with E-state index in [0.717, 1.165) is 31.1 Å². The summed E-state index contributed by atoms with van der Waals surface area (Å²) in [4.78, 5) is 0. The highest BCUT2D eigenvalue weighted by Gasteiger charge is 2.14. The summed E-state index contributed by atoms with van der Waals surface area (Å²) in [7, 11) is 0. The van der Waals surface area contributed by atoms with Crippen molar-refractivity contribution in [1.29, 1.82) is 0 Å². The molecule has 0 saturated heterocycles. The lowest BCUT2D eigenvalue weighted by molar-refractivity contribution is 0.174. The molecule has 1 aliphatic heterocycles. The van der Waals surface area contributed by atoms with Crippen LogP contribution in [-0.4, -0.2) is 19.9 Å². The third kappa shape index (κ3) is 4.48. The lowest BCUT2D eigenvalue weighted by atomic mass is 9.99. The van der Waals surface area contributed by atoms with Gasteiger partial charge in [0.05, 0.1) is 6.04 Å². The lowest BCUT2D eigenvalue weighted by Crippen LogP contribution is -2.30. The molecule has 2 N–H and O–H groups in total. The average Bonchev–Trinajstić information content (AvgIpc) is 3.20. The van der Waals surface area contributed by atoms with Gasteiger partial charge >= 0.3 is 0 Å². The summed E-state index contributed by atoms with van der Waals surface area (Å²) >= 11 is 0. The van der Waals surface area contributed by atoms with Crippen molar-refractivity contribution in [3.63, 3.8) is 0 Å². The highest BCUT2D eigenvalue weighted by molar-refractivity contribution is 5.44. The molecule has 0 saturated carbocycles. The Morgan fingerprint density at radius 2 is 1.41 bits per heavy atom. The fourth-order valence-corrected chi connectivity index (χ4v) is 3.31. The van der Waals surface area contributed by atoms with Crippen LogP contribution in [0.3, 0.4) is 0 Å². The number of nitrogens with one attached hydrogen (secondary N) is 2. The van der Waals surface area contributed by atoms with E-state index < -0.39 is 0 Å². The summed E-state index contributed by atoms with van der Waals surface area (Å²) in [5.74, 6) is 1.66. The van der Waals surface area contributed by atoms with Crippen LogP contribution in [0.25, 0.3) is 0 Å². The Bertz CT molecular complexity index is 813. The van der Waals surface area contributed by atoms with Gasteiger partial charge in [0.25, 0.3) is 0 Å². The van der Waals surface area contributed by atoms with Crippen molar-refractivity contribution in [2.24, 2.45) is 0 Å². The topological polar surface area (TPSA) is 42.5 Å². The molecule has 0 amide bonds. The highest BCUT2D eigenvalue weighted by atomic mass is 16.7. The van der Waals surface area contributed by atoms with Gasteiger partial charge in [-0.1, -0.05) is 66.7 Å². The number of rotatable bonds is 8. The molecule has 3 aromatic carbocycles. The van der Waals surface area contributed by atoms with E-state index in [9.17, 15) is 0 Å². The molecule has 4 rings (SSSR count). The van der Waals surface area contributed by atoms with Crippen LogP contribution in [0.2, 0.25) is 0 Å². The summed E-state index contributed by atoms with van der Waals surface area (Å²) in [5, 5.41) is 7.17. The monoisotopic (exact) mass is 360 g/mol. The molecule has 1 aliphatic rings. The molecule has 1 heterocycles. The number of benzene rings is 3. The predicted molar refractivity (Wildman–Crippen MR) is 107 cm³/mol. The molecule has 27 heavy (non-hydrogen) atoms. The van der Waals surface area contributed by atoms with Crippen LogP contribution < -0.4 is 20.1 Å². The zero-order valence-electron chi connectivity index (χ0n) is 15.2. The SMILES string of the molecule is c1ccc(C(NCCNCc2ccc3c(c2)OCO3)c2ccccc2)cc1. The molecule has 0 aliphatic carbocycles. The first-order chi connectivity index (χ1) is 13.4. The van der Waals surface area contributed by atoms with Crippen LogP contribution in [0.5, 0.6) is 11.5 Å². The number of ether oxygens (including phenoxy) is 2. The second-order valence-electron chi connectivity index (χ2n) is 6.57. The van der Waals surface area contributed by atoms with Crippen molar-refractivity contribution in [2.75, 3.05) is 19.9 Å². The summed E-state index contributed by atoms with van der Waals surface area (Å²) < 4.78 is 10.8. The minimum Gasteiger partial charge on any atom is -0.454 e. The molecular weight excluding hydrogens is 336 g/mol. The van der Waals surface area contributed by atoms with Crippen molar-refractivity contribution in [3.8, 4) is 11.5 Å². The van der Waals surface area contributed by atoms with Crippen molar-refractivity contribution in [1.82, 2.24) is 10.6 Å². The third-order valence-corrected chi connectivity index (χ3v) is 4.68. The summed E-state index contributed by atoms with van der Waals surface area (Å²) in [6.45, 7) is 2.87. The third-order valence-electron chi connectivity index (χ3n) is 4.68. The van der Waals surface area contributed by atoms with Crippen LogP contribution in [-0.2, 0) is 6.54 Å². The van der Waals surface area contributed by atoms with Gasteiger partial charge in [-0.2, -0.15) is 0 Å². The van der Waals surface area contributed by atoms with E-state index in [4.69, 9.17) is 9.47 Å². The van der Waals surface area contributed by atoms with Crippen LogP contribution in [0.15, 0.2) is 78.9 Å². The van der Waals surface area contributed by atoms with Crippen LogP contribution in [0.1, 0.15) is 22.7 Å². The Kier molecular flexibility index (Phi) is 5.67. The molecule has 0 spiro atoms. The second kappa shape index (κ2) is 8.71. The number of hydrogen-bond donors (Lipinski definition) is 2. The Morgan fingerprint density at radius 3 is 2.11 bits per heavy atom. The van der Waals surface area contributed by atoms with E-state index in [1.807, 2.05) is 12.1 Å². The molecule has 0 radical (unpaired) electrons. The van der Waals surface area contributed by atoms with Gasteiger partial charge in [0.2, 0.25) is 6.79 Å². The fraction of sp³-hybridized carbons (Fsp3) is 0.217. The minimum atomic E-state index is 0.194. The largest absolute Gasteiger partial charge is 0.454 e. The summed E-state index contributed by atoms with van der Waals surface area (Å²) in [6.07, 6.45) is 0. The molecule has 4 nitrogen and oxygen atoms in total. The first-order valence-electron chi connectivity index (χ1n) is 9.33. The van der Waals surface area contributed by atoms with Gasteiger partial charge in [0.1, 0.15) is 0 Å². The molecule has 0 atom stereocenters. The van der Waals surface area contributed by atoms with Crippen LogP contribution in [0.4, 0.5) is 0 Å². The second-order valence-corrected chi connectivity index (χ2v) is 6.57. The van der Waals surface area contributed by atoms with Crippen LogP contribution >= 0.6 is 0 Å². The lowest BCUT2D eigenvalue weighted by Gasteiger charge is -2.20. The van der Waals surface area contributed by atoms with Crippen molar-refractivity contribution in [3.05, 3.63) is 95.6 Å². The van der Waals surface area contributed by atoms with Gasteiger partial charge in [0, 0.05) is 19.6 Å². The molecule has 138 valence electrons. The van der Waals surface area contributed by atoms with Crippen molar-refractivity contribution >= 4 is 0 Å². The van der Waals surface area contributed by atoms with Crippen LogP contribution in [0, 0.1) is 0 Å². The minimum absolute atomic E-state index is 0.194. The van der Waals surface area contributed by atoms with E-state index in [-0.39, 0.29) is 6.04 Å². The number of hydrogen-bond acceptors (Lipinski definition) is 4. The number of fused-ring (bicyclic) bond motifs is 1. The first-order valence-corrected chi connectivity index (χ1v) is 9.33. The average molecular weight is 360 g/mol. The van der Waals surface area contributed by atoms with E-state index in [1.165, 1.54) is 16.7 Å². The predicted octanol–water partition coefficient (Wildman–Crippen LogP) is 3.88. The first kappa shape index (κ1) is 17.6. The quantitative estimate of drug-likeness (QED) is 0.598. The Hall–Kier alpha value is -2.82. The molecule has 0 bridgehead atoms. The molecule has 0 aromatic heterocycles. The Labute approximate surface area is 160 Å². The van der Waals surface area contributed by atoms with E-state index in [1.54, 1.807) is 0 Å². The fourth-order valence-electron chi connectivity index (χ4n) is 3.31. The van der Waals surface area contributed by atoms with Gasteiger partial charge in [-0.25, -0.2) is 0 Å². The standard InChI is InChI=1S/C23H24N2O2/c1-3-7-19(8-4-1)23(20-9-5-2-6-10-20)25-14-13-24-16-18-11-12-21-22(15-18)27-17-26-21/h1-12,15,23-25H,13-14,16-17H2. The zero-order chi connectivity index (χ0) is 18.3. The van der Waals surface area contributed by atoms with Gasteiger partial charge in [0.15, 0.2) is 11.5 Å². The van der Waals surface area contributed by atoms with Gasteiger partial charge in [-0.05, 0) is 28.8 Å². The van der Waals surface area contributed by atoms with E-state index in [2.05, 4.69) is 77.4 Å². The maximum absolute atomic E-state index is 5.43. The molecule has 3 aromatic rings. The van der Waals surface area contributed by atoms with Gasteiger partial charge < -0.3 is 20.1 Å². The Morgan fingerprint density at radius 1 is 0.741 bits per heavy atom.